The molecule has 0 N–H and O–H groups in total. The van der Waals surface area contributed by atoms with E-state index in [-0.39, 0.29) is 0 Å². The predicted molar refractivity (Wildman–Crippen MR) is 59.4 cm³/mol. The van der Waals surface area contributed by atoms with Crippen molar-refractivity contribution in [1.29, 1.82) is 5.26 Å². The van der Waals surface area contributed by atoms with Gasteiger partial charge in [0, 0.05) is 23.7 Å². The zero-order chi connectivity index (χ0) is 11.5. The Hall–Kier alpha value is -2.28. The summed E-state index contributed by atoms with van der Waals surface area (Å²) >= 11 is 0. The minimum Gasteiger partial charge on any atom is -0.271 e. The highest BCUT2D eigenvalue weighted by molar-refractivity contribution is 6.27. The van der Waals surface area contributed by atoms with Gasteiger partial charge >= 0.3 is 0 Å². The first-order valence-corrected chi connectivity index (χ1v) is 4.83. The van der Waals surface area contributed by atoms with Crippen molar-refractivity contribution in [1.82, 2.24) is 4.98 Å². The Morgan fingerprint density at radius 3 is 2.69 bits per heavy atom. The fraction of sp³-hybridized carbons (Fsp3) is 0.167. The number of allylic oxidation sites excluding steroid dienone is 1. The molecule has 0 saturated carbocycles. The summed E-state index contributed by atoms with van der Waals surface area (Å²) in [5.74, 6) is -1.16. The number of amides is 1. The van der Waals surface area contributed by atoms with Gasteiger partial charge in [-0.25, -0.2) is 4.99 Å². The highest BCUT2D eigenvalue weighted by Crippen LogP contribution is 2.22. The number of aromatic nitrogens is 1. The third-order valence-corrected chi connectivity index (χ3v) is 2.40. The molecule has 0 bridgehead atoms. The number of pyridine rings is 1. The first-order valence-electron chi connectivity index (χ1n) is 4.83. The fourth-order valence-electron chi connectivity index (χ4n) is 1.58. The molecule has 2 rings (SSSR count). The van der Waals surface area contributed by atoms with Gasteiger partial charge in [-0.05, 0) is 30.7 Å². The summed E-state index contributed by atoms with van der Waals surface area (Å²) < 4.78 is 0. The molecule has 1 aliphatic rings. The average Bonchev–Trinajstić information content (AvgIpc) is 2.30. The van der Waals surface area contributed by atoms with Crippen LogP contribution in [-0.4, -0.2) is 16.6 Å². The lowest BCUT2D eigenvalue weighted by molar-refractivity contribution is -0.118. The Balaban J connectivity index is 2.46. The summed E-state index contributed by atoms with van der Waals surface area (Å²) in [7, 11) is 0. The van der Waals surface area contributed by atoms with E-state index in [9.17, 15) is 4.79 Å². The maximum absolute atomic E-state index is 11.3. The zero-order valence-electron chi connectivity index (χ0n) is 8.71. The van der Waals surface area contributed by atoms with Crippen LogP contribution < -0.4 is 0 Å². The molecule has 0 spiro atoms. The molecular formula is C12H9N3O. The van der Waals surface area contributed by atoms with Gasteiger partial charge in [-0.3, -0.25) is 9.78 Å². The number of hydrogen-bond acceptors (Lipinski definition) is 3. The molecule has 2 heterocycles. The summed E-state index contributed by atoms with van der Waals surface area (Å²) in [6, 6.07) is 5.58. The quantitative estimate of drug-likeness (QED) is 0.708. The van der Waals surface area contributed by atoms with Crippen LogP contribution in [0.25, 0.3) is 5.57 Å². The van der Waals surface area contributed by atoms with E-state index in [0.29, 0.717) is 5.71 Å². The van der Waals surface area contributed by atoms with E-state index >= 15 is 0 Å². The van der Waals surface area contributed by atoms with Crippen LogP contribution in [0.4, 0.5) is 0 Å². The van der Waals surface area contributed by atoms with E-state index in [1.807, 2.05) is 18.2 Å². The number of rotatable bonds is 1. The average molecular weight is 211 g/mol. The van der Waals surface area contributed by atoms with Gasteiger partial charge in [0.1, 0.15) is 5.92 Å². The molecule has 0 aliphatic carbocycles. The van der Waals surface area contributed by atoms with Crippen LogP contribution in [0.3, 0.4) is 0 Å². The molecule has 0 aromatic carbocycles. The lowest BCUT2D eigenvalue weighted by atomic mass is 9.95. The third kappa shape index (κ3) is 1.75. The predicted octanol–water partition coefficient (Wildman–Crippen LogP) is 1.61. The molecule has 1 unspecified atom stereocenters. The van der Waals surface area contributed by atoms with Crippen LogP contribution in [0.2, 0.25) is 0 Å². The zero-order valence-corrected chi connectivity index (χ0v) is 8.71. The van der Waals surface area contributed by atoms with E-state index in [4.69, 9.17) is 5.26 Å². The SMILES string of the molecule is CC1=NC(=O)C(C#N)C=C1c1ccncc1. The minimum atomic E-state index is -0.771. The number of carbonyl (C=O) groups excluding carboxylic acids is 1. The van der Waals surface area contributed by atoms with E-state index in [2.05, 4.69) is 9.98 Å². The highest BCUT2D eigenvalue weighted by atomic mass is 16.1. The van der Waals surface area contributed by atoms with Gasteiger partial charge in [0.15, 0.2) is 0 Å². The van der Waals surface area contributed by atoms with Crippen LogP contribution in [0.5, 0.6) is 0 Å². The van der Waals surface area contributed by atoms with Gasteiger partial charge in [0.25, 0.3) is 5.91 Å². The Morgan fingerprint density at radius 2 is 2.06 bits per heavy atom. The second-order valence-electron chi connectivity index (χ2n) is 3.46. The molecule has 0 saturated heterocycles. The largest absolute Gasteiger partial charge is 0.271 e. The van der Waals surface area contributed by atoms with Crippen molar-refractivity contribution in [2.45, 2.75) is 6.92 Å². The summed E-state index contributed by atoms with van der Waals surface area (Å²) in [5, 5.41) is 8.82. The van der Waals surface area contributed by atoms with Crippen molar-refractivity contribution in [2.24, 2.45) is 10.9 Å². The number of hydrogen-bond donors (Lipinski definition) is 0. The third-order valence-electron chi connectivity index (χ3n) is 2.40. The molecular weight excluding hydrogens is 202 g/mol. The van der Waals surface area contributed by atoms with Crippen molar-refractivity contribution in [2.75, 3.05) is 0 Å². The van der Waals surface area contributed by atoms with Gasteiger partial charge in [0.05, 0.1) is 6.07 Å². The maximum atomic E-state index is 11.3. The Morgan fingerprint density at radius 1 is 1.38 bits per heavy atom. The molecule has 0 radical (unpaired) electrons. The second-order valence-corrected chi connectivity index (χ2v) is 3.46. The normalized spacial score (nSPS) is 19.8. The van der Waals surface area contributed by atoms with Gasteiger partial charge in [-0.1, -0.05) is 0 Å². The summed E-state index contributed by atoms with van der Waals surface area (Å²) in [6.07, 6.45) is 4.99. The molecule has 1 atom stereocenters. The van der Waals surface area contributed by atoms with Crippen molar-refractivity contribution < 1.29 is 4.79 Å². The topological polar surface area (TPSA) is 66.1 Å². The maximum Gasteiger partial charge on any atom is 0.267 e. The second kappa shape index (κ2) is 4.07. The minimum absolute atomic E-state index is 0.391. The van der Waals surface area contributed by atoms with Gasteiger partial charge < -0.3 is 0 Å². The molecule has 0 fully saturated rings. The monoisotopic (exact) mass is 211 g/mol. The number of nitriles is 1. The van der Waals surface area contributed by atoms with Crippen molar-refractivity contribution in [3.63, 3.8) is 0 Å². The van der Waals surface area contributed by atoms with Crippen molar-refractivity contribution in [3.8, 4) is 6.07 Å². The van der Waals surface area contributed by atoms with Crippen molar-refractivity contribution >= 4 is 17.2 Å². The molecule has 16 heavy (non-hydrogen) atoms. The summed E-state index contributed by atoms with van der Waals surface area (Å²) in [5.41, 5.74) is 2.39. The van der Waals surface area contributed by atoms with E-state index in [0.717, 1.165) is 11.1 Å². The smallest absolute Gasteiger partial charge is 0.267 e. The van der Waals surface area contributed by atoms with Crippen LogP contribution in [0.15, 0.2) is 35.6 Å². The summed E-state index contributed by atoms with van der Waals surface area (Å²) in [4.78, 5) is 19.1. The van der Waals surface area contributed by atoms with Crippen LogP contribution in [0.1, 0.15) is 12.5 Å². The lowest BCUT2D eigenvalue weighted by Gasteiger charge is -2.13. The van der Waals surface area contributed by atoms with Crippen LogP contribution in [0, 0.1) is 17.2 Å². The lowest BCUT2D eigenvalue weighted by Crippen LogP contribution is -2.17. The summed E-state index contributed by atoms with van der Waals surface area (Å²) in [6.45, 7) is 1.76. The number of dihydropyridines is 1. The van der Waals surface area contributed by atoms with E-state index in [1.54, 1.807) is 25.4 Å². The van der Waals surface area contributed by atoms with E-state index < -0.39 is 11.8 Å². The first kappa shape index (κ1) is 10.2. The molecule has 1 aliphatic heterocycles. The Labute approximate surface area is 93.0 Å². The highest BCUT2D eigenvalue weighted by Gasteiger charge is 2.22. The molecule has 4 nitrogen and oxygen atoms in total. The molecule has 1 aromatic rings. The van der Waals surface area contributed by atoms with Gasteiger partial charge in [0.2, 0.25) is 0 Å². The van der Waals surface area contributed by atoms with Gasteiger partial charge in [-0.15, -0.1) is 0 Å². The fourth-order valence-corrected chi connectivity index (χ4v) is 1.58. The molecule has 1 aromatic heterocycles. The number of nitrogens with zero attached hydrogens (tertiary/aromatic N) is 3. The van der Waals surface area contributed by atoms with Crippen LogP contribution in [-0.2, 0) is 4.79 Å². The molecule has 1 amide bonds. The number of carbonyl (C=O) groups is 1. The standard InChI is InChI=1S/C12H9N3O/c1-8-11(9-2-4-14-5-3-9)6-10(7-13)12(16)15-8/h2-6,10H,1H3. The van der Waals surface area contributed by atoms with Crippen molar-refractivity contribution in [3.05, 3.63) is 36.2 Å². The number of aliphatic imine (C=N–C) groups is 1. The molecule has 4 heteroatoms. The van der Waals surface area contributed by atoms with Gasteiger partial charge in [-0.2, -0.15) is 5.26 Å². The molecule has 78 valence electrons. The van der Waals surface area contributed by atoms with E-state index in [1.165, 1.54) is 0 Å². The Kier molecular flexibility index (Phi) is 2.61. The van der Waals surface area contributed by atoms with Crippen LogP contribution >= 0.6 is 0 Å². The first-order chi connectivity index (χ1) is 7.72. The Bertz CT molecular complexity index is 523.